The van der Waals surface area contributed by atoms with E-state index in [0.29, 0.717) is 12.3 Å². The number of aromatic nitrogens is 3. The standard InChI is InChI=1S/C14H15IN4OS/c1-3-8-19-10(2)17-18-14(19)21-9-13(20)16-12-7-5-4-6-11(12)15/h3-7H,1,8-9H2,2H3,(H,16,20). The first-order chi connectivity index (χ1) is 10.1. The van der Waals surface area contributed by atoms with E-state index in [4.69, 9.17) is 0 Å². The second kappa shape index (κ2) is 7.60. The Bertz CT molecular complexity index is 656. The third kappa shape index (κ3) is 4.31. The summed E-state index contributed by atoms with van der Waals surface area (Å²) in [4.78, 5) is 12.0. The maximum Gasteiger partial charge on any atom is 0.234 e. The fourth-order valence-electron chi connectivity index (χ4n) is 1.69. The lowest BCUT2D eigenvalue weighted by atomic mass is 10.3. The number of anilines is 1. The molecule has 5 nitrogen and oxygen atoms in total. The van der Waals surface area contributed by atoms with E-state index in [1.54, 1.807) is 6.08 Å². The molecule has 0 unspecified atom stereocenters. The Morgan fingerprint density at radius 1 is 1.48 bits per heavy atom. The number of thioether (sulfide) groups is 1. The van der Waals surface area contributed by atoms with Gasteiger partial charge in [-0.05, 0) is 41.6 Å². The van der Waals surface area contributed by atoms with Crippen LogP contribution in [0, 0.1) is 10.5 Å². The number of carbonyl (C=O) groups excluding carboxylic acids is 1. The van der Waals surface area contributed by atoms with Gasteiger partial charge in [0, 0.05) is 10.1 Å². The first-order valence-corrected chi connectivity index (χ1v) is 8.36. The van der Waals surface area contributed by atoms with E-state index in [0.717, 1.165) is 20.2 Å². The van der Waals surface area contributed by atoms with Crippen LogP contribution in [0.5, 0.6) is 0 Å². The maximum atomic E-state index is 12.0. The summed E-state index contributed by atoms with van der Waals surface area (Å²) < 4.78 is 2.94. The van der Waals surface area contributed by atoms with Gasteiger partial charge in [-0.25, -0.2) is 0 Å². The molecule has 110 valence electrons. The minimum Gasteiger partial charge on any atom is -0.324 e. The molecule has 21 heavy (non-hydrogen) atoms. The smallest absolute Gasteiger partial charge is 0.234 e. The Hall–Kier alpha value is -1.35. The number of hydrogen-bond donors (Lipinski definition) is 1. The summed E-state index contributed by atoms with van der Waals surface area (Å²) in [5.74, 6) is 1.05. The Balaban J connectivity index is 1.96. The molecule has 1 aromatic carbocycles. The van der Waals surface area contributed by atoms with Gasteiger partial charge in [-0.15, -0.1) is 16.8 Å². The molecule has 0 atom stereocenters. The lowest BCUT2D eigenvalue weighted by molar-refractivity contribution is -0.113. The van der Waals surface area contributed by atoms with E-state index in [2.05, 4.69) is 44.7 Å². The average molecular weight is 414 g/mol. The van der Waals surface area contributed by atoms with Gasteiger partial charge in [-0.3, -0.25) is 4.79 Å². The molecule has 7 heteroatoms. The van der Waals surface area contributed by atoms with Gasteiger partial charge < -0.3 is 9.88 Å². The van der Waals surface area contributed by atoms with Gasteiger partial charge in [-0.1, -0.05) is 30.0 Å². The zero-order chi connectivity index (χ0) is 15.2. The van der Waals surface area contributed by atoms with Crippen molar-refractivity contribution in [2.24, 2.45) is 0 Å². The van der Waals surface area contributed by atoms with E-state index < -0.39 is 0 Å². The normalized spacial score (nSPS) is 10.4. The van der Waals surface area contributed by atoms with Gasteiger partial charge in [0.25, 0.3) is 0 Å². The molecule has 2 aromatic rings. The van der Waals surface area contributed by atoms with Crippen molar-refractivity contribution in [3.05, 3.63) is 46.3 Å². The predicted molar refractivity (Wildman–Crippen MR) is 93.5 cm³/mol. The summed E-state index contributed by atoms with van der Waals surface area (Å²) in [6.45, 7) is 6.23. The molecule has 0 aliphatic rings. The van der Waals surface area contributed by atoms with Crippen LogP contribution in [-0.4, -0.2) is 26.4 Å². The van der Waals surface area contributed by atoms with Crippen molar-refractivity contribution in [2.75, 3.05) is 11.1 Å². The number of para-hydroxylation sites is 1. The van der Waals surface area contributed by atoms with Gasteiger partial charge in [0.15, 0.2) is 5.16 Å². The number of allylic oxidation sites excluding steroid dienone is 1. The van der Waals surface area contributed by atoms with Crippen LogP contribution in [0.25, 0.3) is 0 Å². The monoisotopic (exact) mass is 414 g/mol. The second-order valence-electron chi connectivity index (χ2n) is 4.25. The topological polar surface area (TPSA) is 59.8 Å². The number of rotatable bonds is 6. The highest BCUT2D eigenvalue weighted by Crippen LogP contribution is 2.19. The third-order valence-electron chi connectivity index (χ3n) is 2.69. The number of amides is 1. The molecule has 1 amide bonds. The molecule has 0 spiro atoms. The number of hydrogen-bond acceptors (Lipinski definition) is 4. The molecule has 0 fully saturated rings. The number of carbonyl (C=O) groups is 1. The van der Waals surface area contributed by atoms with E-state index >= 15 is 0 Å². The van der Waals surface area contributed by atoms with Gasteiger partial charge >= 0.3 is 0 Å². The van der Waals surface area contributed by atoms with Gasteiger partial charge in [0.2, 0.25) is 5.91 Å². The molecule has 2 rings (SSSR count). The molecule has 1 N–H and O–H groups in total. The van der Waals surface area contributed by atoms with E-state index in [1.807, 2.05) is 35.8 Å². The van der Waals surface area contributed by atoms with Crippen LogP contribution >= 0.6 is 34.4 Å². The van der Waals surface area contributed by atoms with Crippen molar-refractivity contribution < 1.29 is 4.79 Å². The summed E-state index contributed by atoms with van der Waals surface area (Å²) in [5.41, 5.74) is 0.826. The van der Waals surface area contributed by atoms with Crippen LogP contribution in [0.2, 0.25) is 0 Å². The van der Waals surface area contributed by atoms with E-state index in [9.17, 15) is 4.79 Å². The van der Waals surface area contributed by atoms with Crippen LogP contribution in [0.4, 0.5) is 5.69 Å². The van der Waals surface area contributed by atoms with Crippen molar-refractivity contribution in [3.8, 4) is 0 Å². The van der Waals surface area contributed by atoms with E-state index in [1.165, 1.54) is 11.8 Å². The first kappa shape index (κ1) is 16.0. The molecule has 0 aliphatic carbocycles. The number of aryl methyl sites for hydroxylation is 1. The largest absolute Gasteiger partial charge is 0.324 e. The number of nitrogens with one attached hydrogen (secondary N) is 1. The highest BCUT2D eigenvalue weighted by Gasteiger charge is 2.11. The predicted octanol–water partition coefficient (Wildman–Crippen LogP) is 3.11. The van der Waals surface area contributed by atoms with Crippen LogP contribution in [0.15, 0.2) is 42.1 Å². The van der Waals surface area contributed by atoms with E-state index in [-0.39, 0.29) is 5.91 Å². The van der Waals surface area contributed by atoms with Crippen LogP contribution in [0.3, 0.4) is 0 Å². The van der Waals surface area contributed by atoms with Crippen molar-refractivity contribution in [3.63, 3.8) is 0 Å². The van der Waals surface area contributed by atoms with Crippen LogP contribution in [-0.2, 0) is 11.3 Å². The molecule has 0 aliphatic heterocycles. The van der Waals surface area contributed by atoms with Crippen molar-refractivity contribution in [1.29, 1.82) is 0 Å². The molecule has 0 saturated carbocycles. The number of benzene rings is 1. The van der Waals surface area contributed by atoms with Gasteiger partial charge in [-0.2, -0.15) is 0 Å². The third-order valence-corrected chi connectivity index (χ3v) is 4.60. The quantitative estimate of drug-likeness (QED) is 0.449. The maximum absolute atomic E-state index is 12.0. The molecule has 1 aromatic heterocycles. The molecular weight excluding hydrogens is 399 g/mol. The molecule has 0 saturated heterocycles. The number of halogens is 1. The minimum absolute atomic E-state index is 0.0603. The Kier molecular flexibility index (Phi) is 5.80. The first-order valence-electron chi connectivity index (χ1n) is 6.29. The summed E-state index contributed by atoms with van der Waals surface area (Å²) in [6.07, 6.45) is 1.78. The van der Waals surface area contributed by atoms with Crippen molar-refractivity contribution in [1.82, 2.24) is 14.8 Å². The highest BCUT2D eigenvalue weighted by molar-refractivity contribution is 14.1. The Morgan fingerprint density at radius 2 is 2.24 bits per heavy atom. The molecule has 1 heterocycles. The second-order valence-corrected chi connectivity index (χ2v) is 6.35. The van der Waals surface area contributed by atoms with Crippen molar-refractivity contribution >= 4 is 45.9 Å². The fourth-order valence-corrected chi connectivity index (χ4v) is 3.00. The lowest BCUT2D eigenvalue weighted by Gasteiger charge is -2.07. The fraction of sp³-hybridized carbons (Fsp3) is 0.214. The Morgan fingerprint density at radius 3 is 2.95 bits per heavy atom. The summed E-state index contributed by atoms with van der Waals surface area (Å²) >= 11 is 3.56. The summed E-state index contributed by atoms with van der Waals surface area (Å²) in [6, 6.07) is 7.67. The average Bonchev–Trinajstić information content (AvgIpc) is 2.81. The molecule has 0 radical (unpaired) electrons. The van der Waals surface area contributed by atoms with Gasteiger partial charge in [0.05, 0.1) is 11.4 Å². The SMILES string of the molecule is C=CCn1c(C)nnc1SCC(=O)Nc1ccccc1I. The van der Waals surface area contributed by atoms with Gasteiger partial charge in [0.1, 0.15) is 5.82 Å². The number of nitrogens with zero attached hydrogens (tertiary/aromatic N) is 3. The zero-order valence-corrected chi connectivity index (χ0v) is 14.5. The van der Waals surface area contributed by atoms with Crippen LogP contribution in [0.1, 0.15) is 5.82 Å². The van der Waals surface area contributed by atoms with Crippen LogP contribution < -0.4 is 5.32 Å². The lowest BCUT2D eigenvalue weighted by Crippen LogP contribution is -2.15. The molecule has 0 bridgehead atoms. The minimum atomic E-state index is -0.0603. The highest BCUT2D eigenvalue weighted by atomic mass is 127. The summed E-state index contributed by atoms with van der Waals surface area (Å²) in [5, 5.41) is 11.7. The molecular formula is C14H15IN4OS. The Labute approximate surface area is 141 Å². The zero-order valence-electron chi connectivity index (χ0n) is 11.5. The summed E-state index contributed by atoms with van der Waals surface area (Å²) in [7, 11) is 0. The van der Waals surface area contributed by atoms with Crippen molar-refractivity contribution in [2.45, 2.75) is 18.6 Å².